The van der Waals surface area contributed by atoms with E-state index in [1.807, 2.05) is 13.8 Å². The molecule has 1 aliphatic rings. The summed E-state index contributed by atoms with van der Waals surface area (Å²) >= 11 is 0. The normalized spacial score (nSPS) is 13.9. The van der Waals surface area contributed by atoms with Gasteiger partial charge in [0.2, 0.25) is 5.91 Å². The van der Waals surface area contributed by atoms with Crippen LogP contribution in [0, 0.1) is 0 Å². The van der Waals surface area contributed by atoms with Crippen molar-refractivity contribution in [2.24, 2.45) is 0 Å². The lowest BCUT2D eigenvalue weighted by atomic mass is 9.76. The molecule has 1 aromatic rings. The van der Waals surface area contributed by atoms with Crippen molar-refractivity contribution in [3.63, 3.8) is 0 Å². The van der Waals surface area contributed by atoms with E-state index >= 15 is 0 Å². The molecule has 0 unspecified atom stereocenters. The summed E-state index contributed by atoms with van der Waals surface area (Å²) in [5, 5.41) is 2.73. The third kappa shape index (κ3) is 4.13. The van der Waals surface area contributed by atoms with Gasteiger partial charge in [0, 0.05) is 5.69 Å². The SMILES string of the molecule is CC.CCOC(=O)CC1(CC(=O)OCC)C(=O)Nc2ccccc21. The Morgan fingerprint density at radius 1 is 1.00 bits per heavy atom. The molecular weight excluding hydrogens is 310 g/mol. The third-order valence-corrected chi connectivity index (χ3v) is 3.63. The fourth-order valence-electron chi connectivity index (χ4n) is 2.70. The van der Waals surface area contributed by atoms with Crippen LogP contribution < -0.4 is 5.32 Å². The first-order chi connectivity index (χ1) is 11.5. The number of hydrogen-bond donors (Lipinski definition) is 1. The molecule has 24 heavy (non-hydrogen) atoms. The van der Waals surface area contributed by atoms with E-state index in [0.717, 1.165) is 0 Å². The second kappa shape index (κ2) is 9.05. The van der Waals surface area contributed by atoms with Crippen molar-refractivity contribution in [2.45, 2.75) is 46.0 Å². The van der Waals surface area contributed by atoms with Crippen LogP contribution in [0.1, 0.15) is 46.1 Å². The van der Waals surface area contributed by atoms with Crippen molar-refractivity contribution >= 4 is 23.5 Å². The van der Waals surface area contributed by atoms with E-state index in [1.165, 1.54) is 0 Å². The van der Waals surface area contributed by atoms with Gasteiger partial charge < -0.3 is 14.8 Å². The number of carbonyl (C=O) groups excluding carboxylic acids is 3. The Balaban J connectivity index is 0.00000139. The monoisotopic (exact) mass is 335 g/mol. The Morgan fingerprint density at radius 3 is 2.00 bits per heavy atom. The predicted molar refractivity (Wildman–Crippen MR) is 90.6 cm³/mol. The predicted octanol–water partition coefficient (Wildman–Crippen LogP) is 2.81. The average molecular weight is 335 g/mol. The fourth-order valence-corrected chi connectivity index (χ4v) is 2.70. The number of benzene rings is 1. The number of carbonyl (C=O) groups is 3. The Kier molecular flexibility index (Phi) is 7.42. The molecule has 0 aromatic heterocycles. The van der Waals surface area contributed by atoms with Crippen molar-refractivity contribution in [2.75, 3.05) is 18.5 Å². The van der Waals surface area contributed by atoms with Crippen molar-refractivity contribution in [1.29, 1.82) is 0 Å². The number of hydrogen-bond acceptors (Lipinski definition) is 5. The minimum absolute atomic E-state index is 0.192. The lowest BCUT2D eigenvalue weighted by Gasteiger charge is -2.25. The second-order valence-electron chi connectivity index (χ2n) is 5.05. The number of fused-ring (bicyclic) bond motifs is 1. The molecule has 2 rings (SSSR count). The third-order valence-electron chi connectivity index (χ3n) is 3.63. The van der Waals surface area contributed by atoms with Crippen LogP contribution in [0.3, 0.4) is 0 Å². The molecule has 1 aliphatic heterocycles. The lowest BCUT2D eigenvalue weighted by Crippen LogP contribution is -2.39. The Hall–Kier alpha value is -2.37. The first-order valence-corrected chi connectivity index (χ1v) is 8.25. The highest BCUT2D eigenvalue weighted by atomic mass is 16.5. The van der Waals surface area contributed by atoms with Crippen molar-refractivity contribution in [3.05, 3.63) is 29.8 Å². The fraction of sp³-hybridized carbons (Fsp3) is 0.500. The number of nitrogens with one attached hydrogen (secondary N) is 1. The van der Waals surface area contributed by atoms with Crippen LogP contribution in [0.4, 0.5) is 5.69 Å². The van der Waals surface area contributed by atoms with Gasteiger partial charge in [0.05, 0.1) is 31.5 Å². The zero-order valence-electron chi connectivity index (χ0n) is 14.7. The Labute approximate surface area is 142 Å². The minimum atomic E-state index is -1.27. The van der Waals surface area contributed by atoms with E-state index in [-0.39, 0.29) is 32.0 Å². The number of rotatable bonds is 6. The molecule has 1 N–H and O–H groups in total. The molecule has 0 bridgehead atoms. The average Bonchev–Trinajstić information content (AvgIpc) is 2.82. The maximum Gasteiger partial charge on any atom is 0.307 e. The van der Waals surface area contributed by atoms with E-state index < -0.39 is 17.4 Å². The molecule has 6 nitrogen and oxygen atoms in total. The van der Waals surface area contributed by atoms with E-state index in [0.29, 0.717) is 11.3 Å². The minimum Gasteiger partial charge on any atom is -0.466 e. The van der Waals surface area contributed by atoms with Crippen molar-refractivity contribution in [1.82, 2.24) is 0 Å². The van der Waals surface area contributed by atoms with Crippen LogP contribution in [-0.2, 0) is 29.3 Å². The summed E-state index contributed by atoms with van der Waals surface area (Å²) in [6.07, 6.45) is -0.384. The topological polar surface area (TPSA) is 81.7 Å². The largest absolute Gasteiger partial charge is 0.466 e. The molecular formula is C18H25NO5. The number of anilines is 1. The van der Waals surface area contributed by atoms with Gasteiger partial charge in [0.1, 0.15) is 0 Å². The molecule has 0 fully saturated rings. The Bertz CT molecular complexity index is 577. The van der Waals surface area contributed by atoms with Crippen LogP contribution in [0.5, 0.6) is 0 Å². The molecule has 0 aliphatic carbocycles. The van der Waals surface area contributed by atoms with Crippen LogP contribution >= 0.6 is 0 Å². The van der Waals surface area contributed by atoms with Crippen LogP contribution in [0.25, 0.3) is 0 Å². The summed E-state index contributed by atoms with van der Waals surface area (Å²) in [4.78, 5) is 36.4. The van der Waals surface area contributed by atoms with Crippen molar-refractivity contribution in [3.8, 4) is 0 Å². The number of esters is 2. The van der Waals surface area contributed by atoms with Crippen LogP contribution in [0.15, 0.2) is 24.3 Å². The van der Waals surface area contributed by atoms with E-state index in [2.05, 4.69) is 5.32 Å². The summed E-state index contributed by atoms with van der Waals surface area (Å²) in [5.74, 6) is -1.41. The van der Waals surface area contributed by atoms with Gasteiger partial charge >= 0.3 is 11.9 Å². The van der Waals surface area contributed by atoms with E-state index in [1.54, 1.807) is 38.1 Å². The molecule has 1 aromatic carbocycles. The van der Waals surface area contributed by atoms with Gasteiger partial charge in [-0.05, 0) is 25.5 Å². The van der Waals surface area contributed by atoms with Gasteiger partial charge in [-0.15, -0.1) is 0 Å². The molecule has 1 amide bonds. The van der Waals surface area contributed by atoms with Gasteiger partial charge in [-0.2, -0.15) is 0 Å². The molecule has 1 heterocycles. The van der Waals surface area contributed by atoms with Crippen LogP contribution in [0.2, 0.25) is 0 Å². The number of para-hydroxylation sites is 1. The molecule has 132 valence electrons. The first kappa shape index (κ1) is 19.7. The Morgan fingerprint density at radius 2 is 1.50 bits per heavy atom. The maximum absolute atomic E-state index is 12.5. The lowest BCUT2D eigenvalue weighted by molar-refractivity contribution is -0.150. The quantitative estimate of drug-likeness (QED) is 0.808. The van der Waals surface area contributed by atoms with Crippen LogP contribution in [-0.4, -0.2) is 31.1 Å². The molecule has 0 saturated carbocycles. The maximum atomic E-state index is 12.5. The summed E-state index contributed by atoms with van der Waals surface area (Å²) in [6.45, 7) is 7.83. The molecule has 0 saturated heterocycles. The van der Waals surface area contributed by atoms with Gasteiger partial charge in [-0.25, -0.2) is 0 Å². The van der Waals surface area contributed by atoms with Gasteiger partial charge in [-0.3, -0.25) is 14.4 Å². The smallest absolute Gasteiger partial charge is 0.307 e. The molecule has 0 atom stereocenters. The zero-order chi connectivity index (χ0) is 18.2. The number of amides is 1. The summed E-state index contributed by atoms with van der Waals surface area (Å²) in [7, 11) is 0. The van der Waals surface area contributed by atoms with Gasteiger partial charge in [0.15, 0.2) is 0 Å². The van der Waals surface area contributed by atoms with E-state index in [4.69, 9.17) is 9.47 Å². The van der Waals surface area contributed by atoms with Gasteiger partial charge in [-0.1, -0.05) is 32.0 Å². The highest BCUT2D eigenvalue weighted by Crippen LogP contribution is 2.43. The summed E-state index contributed by atoms with van der Waals surface area (Å²) in [6, 6.07) is 7.03. The summed E-state index contributed by atoms with van der Waals surface area (Å²) < 4.78 is 9.93. The van der Waals surface area contributed by atoms with Gasteiger partial charge in [0.25, 0.3) is 0 Å². The molecule has 6 heteroatoms. The summed E-state index contributed by atoms with van der Waals surface area (Å²) in [5.41, 5.74) is -0.0306. The van der Waals surface area contributed by atoms with Crippen molar-refractivity contribution < 1.29 is 23.9 Å². The number of ether oxygens (including phenoxy) is 2. The molecule has 0 spiro atoms. The zero-order valence-corrected chi connectivity index (χ0v) is 14.7. The highest BCUT2D eigenvalue weighted by molar-refractivity contribution is 6.09. The standard InChI is InChI=1S/C16H19NO5.C2H6/c1-3-21-13(18)9-16(10-14(19)22-4-2)11-7-5-6-8-12(11)17-15(16)20;1-2/h5-8H,3-4,9-10H2,1-2H3,(H,17,20);1-2H3. The second-order valence-corrected chi connectivity index (χ2v) is 5.05. The highest BCUT2D eigenvalue weighted by Gasteiger charge is 2.50. The first-order valence-electron chi connectivity index (χ1n) is 8.25. The molecule has 0 radical (unpaired) electrons. The van der Waals surface area contributed by atoms with E-state index in [9.17, 15) is 14.4 Å².